The van der Waals surface area contributed by atoms with Gasteiger partial charge < -0.3 is 14.6 Å². The summed E-state index contributed by atoms with van der Waals surface area (Å²) < 4.78 is 11.7. The molecule has 0 saturated heterocycles. The highest BCUT2D eigenvalue weighted by Crippen LogP contribution is 2.25. The summed E-state index contributed by atoms with van der Waals surface area (Å²) in [6.07, 6.45) is -1.08. The van der Waals surface area contributed by atoms with Crippen molar-refractivity contribution in [2.24, 2.45) is 0 Å². The Hall–Kier alpha value is -3.79. The summed E-state index contributed by atoms with van der Waals surface area (Å²) in [7, 11) is 0. The first-order valence-corrected chi connectivity index (χ1v) is 9.91. The van der Waals surface area contributed by atoms with Gasteiger partial charge in [-0.1, -0.05) is 29.4 Å². The lowest BCUT2D eigenvalue weighted by Gasteiger charge is -2.10. The van der Waals surface area contributed by atoms with Crippen molar-refractivity contribution in [2.45, 2.75) is 20.0 Å². The predicted octanol–water partition coefficient (Wildman–Crippen LogP) is 3.48. The highest BCUT2D eigenvalue weighted by atomic mass is 32.1. The zero-order valence-electron chi connectivity index (χ0n) is 16.1. The van der Waals surface area contributed by atoms with E-state index in [0.29, 0.717) is 11.6 Å². The molecule has 10 heteroatoms. The number of aromatic nitrogens is 4. The lowest BCUT2D eigenvalue weighted by molar-refractivity contribution is -0.123. The van der Waals surface area contributed by atoms with Crippen LogP contribution in [-0.4, -0.2) is 37.9 Å². The number of carbonyl (C=O) groups excluding carboxylic acids is 2. The van der Waals surface area contributed by atoms with Crippen LogP contribution in [0.15, 0.2) is 58.4 Å². The minimum Gasteiger partial charge on any atom is -0.447 e. The van der Waals surface area contributed by atoms with Crippen molar-refractivity contribution in [3.05, 3.63) is 65.5 Å². The zero-order valence-corrected chi connectivity index (χ0v) is 16.9. The molecule has 4 rings (SSSR count). The molecule has 3 heterocycles. The summed E-state index contributed by atoms with van der Waals surface area (Å²) in [6.45, 7) is 3.15. The van der Waals surface area contributed by atoms with Crippen molar-refractivity contribution in [1.82, 2.24) is 19.9 Å². The number of benzene rings is 1. The first-order valence-electron chi connectivity index (χ1n) is 9.03. The number of hydrogen-bond acceptors (Lipinski definition) is 8. The molecule has 0 fully saturated rings. The number of amides is 1. The Labute approximate surface area is 175 Å². The van der Waals surface area contributed by atoms with Crippen LogP contribution in [0.1, 0.15) is 23.3 Å². The van der Waals surface area contributed by atoms with Crippen LogP contribution in [0.25, 0.3) is 16.4 Å². The van der Waals surface area contributed by atoms with Gasteiger partial charge >= 0.3 is 5.97 Å². The zero-order chi connectivity index (χ0) is 21.1. The van der Waals surface area contributed by atoms with E-state index in [-0.39, 0.29) is 11.6 Å². The van der Waals surface area contributed by atoms with Gasteiger partial charge in [-0.15, -0.1) is 16.4 Å². The van der Waals surface area contributed by atoms with Gasteiger partial charge in [0.2, 0.25) is 0 Å². The molecule has 0 aliphatic rings. The SMILES string of the molecule is Cc1cc(NC(=O)C(C)OC(=O)c2nc(-c3cccs3)n(-c3ccccc3)n2)no1. The van der Waals surface area contributed by atoms with E-state index in [1.54, 1.807) is 17.7 Å². The Morgan fingerprint density at radius 2 is 2.00 bits per heavy atom. The van der Waals surface area contributed by atoms with Gasteiger partial charge in [-0.3, -0.25) is 4.79 Å². The molecule has 0 aliphatic carbocycles. The standard InChI is InChI=1S/C20H17N5O4S/c1-12-11-16(24-29-12)21-19(26)13(2)28-20(27)17-22-18(15-9-6-10-30-15)25(23-17)14-7-4-3-5-8-14/h3-11,13H,1-2H3,(H,21,24,26). The lowest BCUT2D eigenvalue weighted by Crippen LogP contribution is -2.30. The topological polar surface area (TPSA) is 112 Å². The summed E-state index contributed by atoms with van der Waals surface area (Å²) in [5.74, 6) is -0.185. The Kier molecular flexibility index (Phi) is 5.40. The second-order valence-electron chi connectivity index (χ2n) is 6.34. The molecule has 1 N–H and O–H groups in total. The van der Waals surface area contributed by atoms with Crippen molar-refractivity contribution in [2.75, 3.05) is 5.32 Å². The van der Waals surface area contributed by atoms with Crippen LogP contribution in [0, 0.1) is 6.92 Å². The number of anilines is 1. The Morgan fingerprint density at radius 1 is 1.20 bits per heavy atom. The summed E-state index contributed by atoms with van der Waals surface area (Å²) in [5, 5.41) is 12.4. The van der Waals surface area contributed by atoms with E-state index in [2.05, 4.69) is 20.6 Å². The molecule has 1 atom stereocenters. The number of nitrogens with zero attached hydrogens (tertiary/aromatic N) is 4. The Balaban J connectivity index is 1.54. The second kappa shape index (κ2) is 8.29. The minimum atomic E-state index is -1.08. The molecule has 0 saturated carbocycles. The molecule has 1 aromatic carbocycles. The summed E-state index contributed by atoms with van der Waals surface area (Å²) in [4.78, 5) is 30.1. The average Bonchev–Trinajstić information content (AvgIpc) is 3.49. The predicted molar refractivity (Wildman–Crippen MR) is 109 cm³/mol. The third kappa shape index (κ3) is 4.13. The normalized spacial score (nSPS) is 11.8. The van der Waals surface area contributed by atoms with E-state index in [9.17, 15) is 9.59 Å². The lowest BCUT2D eigenvalue weighted by atomic mass is 10.3. The van der Waals surface area contributed by atoms with Crippen LogP contribution in [0.2, 0.25) is 0 Å². The van der Waals surface area contributed by atoms with Crippen molar-refractivity contribution >= 4 is 29.0 Å². The number of esters is 1. The number of thiophene rings is 1. The largest absolute Gasteiger partial charge is 0.447 e. The summed E-state index contributed by atoms with van der Waals surface area (Å²) in [5.41, 5.74) is 0.750. The average molecular weight is 423 g/mol. The monoisotopic (exact) mass is 423 g/mol. The molecular formula is C20H17N5O4S. The second-order valence-corrected chi connectivity index (χ2v) is 7.29. The van der Waals surface area contributed by atoms with Crippen molar-refractivity contribution in [3.63, 3.8) is 0 Å². The van der Waals surface area contributed by atoms with E-state index < -0.39 is 18.0 Å². The van der Waals surface area contributed by atoms with Gasteiger partial charge in [-0.05, 0) is 37.4 Å². The molecule has 4 aromatic rings. The van der Waals surface area contributed by atoms with Crippen LogP contribution >= 0.6 is 11.3 Å². The summed E-state index contributed by atoms with van der Waals surface area (Å²) >= 11 is 1.48. The molecule has 0 aliphatic heterocycles. The number of carbonyl (C=O) groups is 2. The fourth-order valence-electron chi connectivity index (χ4n) is 2.63. The number of nitrogens with one attached hydrogen (secondary N) is 1. The molecule has 0 radical (unpaired) electrons. The van der Waals surface area contributed by atoms with E-state index in [4.69, 9.17) is 9.26 Å². The summed E-state index contributed by atoms with van der Waals surface area (Å²) in [6, 6.07) is 14.7. The maximum Gasteiger partial charge on any atom is 0.379 e. The van der Waals surface area contributed by atoms with E-state index in [1.807, 2.05) is 47.8 Å². The fraction of sp³-hybridized carbons (Fsp3) is 0.150. The molecule has 30 heavy (non-hydrogen) atoms. The highest BCUT2D eigenvalue weighted by Gasteiger charge is 2.25. The van der Waals surface area contributed by atoms with E-state index in [0.717, 1.165) is 10.6 Å². The van der Waals surface area contributed by atoms with Gasteiger partial charge in [0.1, 0.15) is 5.76 Å². The van der Waals surface area contributed by atoms with Crippen LogP contribution < -0.4 is 5.32 Å². The maximum atomic E-state index is 12.6. The first-order chi connectivity index (χ1) is 14.5. The number of rotatable bonds is 6. The number of para-hydroxylation sites is 1. The molecule has 3 aromatic heterocycles. The van der Waals surface area contributed by atoms with Gasteiger partial charge in [-0.25, -0.2) is 9.48 Å². The smallest absolute Gasteiger partial charge is 0.379 e. The molecule has 0 spiro atoms. The van der Waals surface area contributed by atoms with Crippen LogP contribution in [0.3, 0.4) is 0 Å². The van der Waals surface area contributed by atoms with E-state index in [1.165, 1.54) is 18.3 Å². The van der Waals surface area contributed by atoms with Gasteiger partial charge in [0.15, 0.2) is 17.7 Å². The van der Waals surface area contributed by atoms with E-state index >= 15 is 0 Å². The third-order valence-corrected chi connectivity index (χ3v) is 4.93. The first kappa shape index (κ1) is 19.5. The highest BCUT2D eigenvalue weighted by molar-refractivity contribution is 7.13. The molecule has 152 valence electrons. The number of aryl methyl sites for hydroxylation is 1. The van der Waals surface area contributed by atoms with Crippen molar-refractivity contribution < 1.29 is 18.8 Å². The van der Waals surface area contributed by atoms with Crippen LogP contribution in [0.5, 0.6) is 0 Å². The van der Waals surface area contributed by atoms with Gasteiger partial charge in [0.25, 0.3) is 11.7 Å². The molecular weight excluding hydrogens is 406 g/mol. The Morgan fingerprint density at radius 3 is 2.67 bits per heavy atom. The van der Waals surface area contributed by atoms with Gasteiger partial charge in [0.05, 0.1) is 10.6 Å². The van der Waals surface area contributed by atoms with Crippen molar-refractivity contribution in [1.29, 1.82) is 0 Å². The van der Waals surface area contributed by atoms with Gasteiger partial charge in [-0.2, -0.15) is 4.98 Å². The molecule has 1 unspecified atom stereocenters. The quantitative estimate of drug-likeness (QED) is 0.473. The molecule has 1 amide bonds. The van der Waals surface area contributed by atoms with Crippen molar-refractivity contribution in [3.8, 4) is 16.4 Å². The fourth-order valence-corrected chi connectivity index (χ4v) is 3.33. The molecule has 0 bridgehead atoms. The number of ether oxygens (including phenoxy) is 1. The number of hydrogen-bond donors (Lipinski definition) is 1. The van der Waals surface area contributed by atoms with Crippen LogP contribution in [-0.2, 0) is 9.53 Å². The molecule has 9 nitrogen and oxygen atoms in total. The van der Waals surface area contributed by atoms with Gasteiger partial charge in [0, 0.05) is 6.07 Å². The minimum absolute atomic E-state index is 0.140. The maximum absolute atomic E-state index is 12.6. The third-order valence-electron chi connectivity index (χ3n) is 4.06. The Bertz CT molecular complexity index is 1170. The van der Waals surface area contributed by atoms with Crippen LogP contribution in [0.4, 0.5) is 5.82 Å².